The molecule has 4 aromatic rings. The molecule has 172 valence electrons. The van der Waals surface area contributed by atoms with E-state index in [2.05, 4.69) is 20.3 Å². The van der Waals surface area contributed by atoms with Gasteiger partial charge in [0.2, 0.25) is 0 Å². The Labute approximate surface area is 194 Å². The maximum absolute atomic E-state index is 13.1. The summed E-state index contributed by atoms with van der Waals surface area (Å²) in [6.45, 7) is 2.07. The average molecular weight is 490 g/mol. The standard InChI is InChI=1S/C21H20ClN5O5S/c1-30-16-4-3-14(22)7-19(16)33(28,29)26-21-20-17(31-2)5-12(6-18(20)32-25-21)11-27-15-10-23-8-13(15)9-24-27/h3-7,9,23H,8,10-11H2,1-2H3,(H,25,26). The lowest BCUT2D eigenvalue weighted by molar-refractivity contribution is 0.403. The second-order valence-electron chi connectivity index (χ2n) is 7.48. The molecular formula is C21H20ClN5O5S. The number of hydrogen-bond acceptors (Lipinski definition) is 8. The fraction of sp³-hybridized carbons (Fsp3) is 0.238. The van der Waals surface area contributed by atoms with Crippen LogP contribution in [0.25, 0.3) is 11.0 Å². The first-order valence-corrected chi connectivity index (χ1v) is 11.8. The van der Waals surface area contributed by atoms with E-state index in [1.54, 1.807) is 12.1 Å². The van der Waals surface area contributed by atoms with Gasteiger partial charge in [0.15, 0.2) is 11.4 Å². The molecule has 0 radical (unpaired) electrons. The number of nitrogens with one attached hydrogen (secondary N) is 2. The van der Waals surface area contributed by atoms with E-state index < -0.39 is 10.0 Å². The van der Waals surface area contributed by atoms with Crippen molar-refractivity contribution in [2.45, 2.75) is 24.5 Å². The van der Waals surface area contributed by atoms with Crippen molar-refractivity contribution >= 4 is 38.4 Å². The van der Waals surface area contributed by atoms with Crippen LogP contribution in [0.2, 0.25) is 5.02 Å². The summed E-state index contributed by atoms with van der Waals surface area (Å²) in [6.07, 6.45) is 1.86. The molecule has 0 fully saturated rings. The van der Waals surface area contributed by atoms with E-state index in [-0.39, 0.29) is 21.5 Å². The van der Waals surface area contributed by atoms with Crippen LogP contribution >= 0.6 is 11.6 Å². The third kappa shape index (κ3) is 3.88. The van der Waals surface area contributed by atoms with Gasteiger partial charge in [-0.05, 0) is 35.9 Å². The number of rotatable bonds is 7. The molecule has 0 atom stereocenters. The number of hydrogen-bond donors (Lipinski definition) is 2. The molecule has 10 nitrogen and oxygen atoms in total. The van der Waals surface area contributed by atoms with E-state index in [1.165, 1.54) is 31.9 Å². The summed E-state index contributed by atoms with van der Waals surface area (Å²) in [5, 5.41) is 12.3. The van der Waals surface area contributed by atoms with Crippen molar-refractivity contribution in [3.05, 3.63) is 58.4 Å². The number of anilines is 1. The van der Waals surface area contributed by atoms with E-state index in [0.29, 0.717) is 23.3 Å². The lowest BCUT2D eigenvalue weighted by atomic mass is 10.1. The lowest BCUT2D eigenvalue weighted by Crippen LogP contribution is -2.14. The normalized spacial score (nSPS) is 13.3. The molecule has 2 N–H and O–H groups in total. The van der Waals surface area contributed by atoms with Gasteiger partial charge in [-0.3, -0.25) is 9.40 Å². The van der Waals surface area contributed by atoms with Crippen LogP contribution in [0, 0.1) is 0 Å². The van der Waals surface area contributed by atoms with Gasteiger partial charge < -0.3 is 19.3 Å². The molecule has 0 unspecified atom stereocenters. The number of nitrogens with zero attached hydrogens (tertiary/aromatic N) is 3. The van der Waals surface area contributed by atoms with Gasteiger partial charge >= 0.3 is 0 Å². The highest BCUT2D eigenvalue weighted by Crippen LogP contribution is 2.36. The summed E-state index contributed by atoms with van der Waals surface area (Å²) < 4.78 is 46.7. The van der Waals surface area contributed by atoms with Gasteiger partial charge in [-0.1, -0.05) is 16.8 Å². The minimum atomic E-state index is -4.08. The third-order valence-electron chi connectivity index (χ3n) is 5.44. The zero-order valence-electron chi connectivity index (χ0n) is 17.8. The fourth-order valence-corrected chi connectivity index (χ4v) is 5.32. The molecule has 0 spiro atoms. The Kier molecular flexibility index (Phi) is 5.39. The number of methoxy groups -OCH3 is 2. The first kappa shape index (κ1) is 21.6. The highest BCUT2D eigenvalue weighted by atomic mass is 35.5. The van der Waals surface area contributed by atoms with Crippen LogP contribution in [-0.2, 0) is 29.7 Å². The monoisotopic (exact) mass is 489 g/mol. The SMILES string of the molecule is COc1ccc(Cl)cc1S(=O)(=O)Nc1noc2cc(Cn3ncc4c3CNC4)cc(OC)c12. The van der Waals surface area contributed by atoms with Crippen LogP contribution < -0.4 is 19.5 Å². The van der Waals surface area contributed by atoms with Crippen molar-refractivity contribution < 1.29 is 22.4 Å². The van der Waals surface area contributed by atoms with E-state index in [0.717, 1.165) is 24.3 Å². The molecule has 0 saturated heterocycles. The molecule has 33 heavy (non-hydrogen) atoms. The van der Waals surface area contributed by atoms with Crippen molar-refractivity contribution in [3.63, 3.8) is 0 Å². The Morgan fingerprint density at radius 3 is 2.79 bits per heavy atom. The third-order valence-corrected chi connectivity index (χ3v) is 7.03. The van der Waals surface area contributed by atoms with Crippen LogP contribution in [0.4, 0.5) is 5.82 Å². The Hall–Kier alpha value is -3.28. The second-order valence-corrected chi connectivity index (χ2v) is 9.57. The summed E-state index contributed by atoms with van der Waals surface area (Å²) in [7, 11) is -1.20. The molecular weight excluding hydrogens is 470 g/mol. The number of aromatic nitrogens is 3. The molecule has 3 heterocycles. The summed E-state index contributed by atoms with van der Waals surface area (Å²) in [5.74, 6) is 0.566. The van der Waals surface area contributed by atoms with Gasteiger partial charge in [0.1, 0.15) is 21.8 Å². The summed E-state index contributed by atoms with van der Waals surface area (Å²) in [6, 6.07) is 7.93. The van der Waals surface area contributed by atoms with Crippen LogP contribution in [0.15, 0.2) is 45.9 Å². The van der Waals surface area contributed by atoms with Gasteiger partial charge in [-0.15, -0.1) is 0 Å². The molecule has 1 aliphatic rings. The largest absolute Gasteiger partial charge is 0.496 e. The number of benzene rings is 2. The molecule has 0 bridgehead atoms. The average Bonchev–Trinajstić information content (AvgIpc) is 3.51. The Bertz CT molecular complexity index is 1460. The van der Waals surface area contributed by atoms with Crippen LogP contribution in [0.1, 0.15) is 16.8 Å². The first-order chi connectivity index (χ1) is 15.9. The van der Waals surface area contributed by atoms with Crippen LogP contribution in [0.5, 0.6) is 11.5 Å². The lowest BCUT2D eigenvalue weighted by Gasteiger charge is -2.11. The molecule has 0 amide bonds. The van der Waals surface area contributed by atoms with Gasteiger partial charge in [-0.2, -0.15) is 5.10 Å². The van der Waals surface area contributed by atoms with Gasteiger partial charge in [-0.25, -0.2) is 8.42 Å². The summed E-state index contributed by atoms with van der Waals surface area (Å²) in [4.78, 5) is -0.120. The number of ether oxygens (including phenoxy) is 2. The number of fused-ring (bicyclic) bond motifs is 2. The fourth-order valence-electron chi connectivity index (χ4n) is 3.88. The predicted molar refractivity (Wildman–Crippen MR) is 121 cm³/mol. The quantitative estimate of drug-likeness (QED) is 0.406. The molecule has 0 aliphatic carbocycles. The number of halogens is 1. The highest BCUT2D eigenvalue weighted by molar-refractivity contribution is 7.92. The van der Waals surface area contributed by atoms with Crippen molar-refractivity contribution in [2.24, 2.45) is 0 Å². The maximum Gasteiger partial charge on any atom is 0.266 e. The van der Waals surface area contributed by atoms with Crippen molar-refractivity contribution in [1.82, 2.24) is 20.3 Å². The Morgan fingerprint density at radius 1 is 1.18 bits per heavy atom. The van der Waals surface area contributed by atoms with Crippen molar-refractivity contribution in [3.8, 4) is 11.5 Å². The van der Waals surface area contributed by atoms with Crippen LogP contribution in [-0.4, -0.2) is 37.6 Å². The van der Waals surface area contributed by atoms with E-state index in [9.17, 15) is 8.42 Å². The molecule has 1 aliphatic heterocycles. The van der Waals surface area contributed by atoms with Crippen molar-refractivity contribution in [2.75, 3.05) is 18.9 Å². The van der Waals surface area contributed by atoms with E-state index in [4.69, 9.17) is 25.6 Å². The minimum Gasteiger partial charge on any atom is -0.496 e. The zero-order valence-corrected chi connectivity index (χ0v) is 19.3. The maximum atomic E-state index is 13.1. The topological polar surface area (TPSA) is 121 Å². The van der Waals surface area contributed by atoms with E-state index >= 15 is 0 Å². The minimum absolute atomic E-state index is 0.000362. The van der Waals surface area contributed by atoms with Crippen molar-refractivity contribution in [1.29, 1.82) is 0 Å². The van der Waals surface area contributed by atoms with Crippen LogP contribution in [0.3, 0.4) is 0 Å². The van der Waals surface area contributed by atoms with Gasteiger partial charge in [0.25, 0.3) is 10.0 Å². The molecule has 5 rings (SSSR count). The molecule has 2 aromatic heterocycles. The molecule has 0 saturated carbocycles. The summed E-state index contributed by atoms with van der Waals surface area (Å²) in [5.41, 5.74) is 3.56. The number of sulfonamides is 1. The zero-order chi connectivity index (χ0) is 23.2. The summed E-state index contributed by atoms with van der Waals surface area (Å²) >= 11 is 6.00. The van der Waals surface area contributed by atoms with Gasteiger partial charge in [0, 0.05) is 23.7 Å². The first-order valence-electron chi connectivity index (χ1n) is 9.96. The highest BCUT2D eigenvalue weighted by Gasteiger charge is 2.25. The Balaban J connectivity index is 1.51. The second kappa shape index (κ2) is 8.25. The molecule has 2 aromatic carbocycles. The predicted octanol–water partition coefficient (Wildman–Crippen LogP) is 3.15. The van der Waals surface area contributed by atoms with E-state index in [1.807, 2.05) is 16.9 Å². The molecule has 12 heteroatoms. The smallest absolute Gasteiger partial charge is 0.266 e. The van der Waals surface area contributed by atoms with Gasteiger partial charge in [0.05, 0.1) is 32.7 Å². The Morgan fingerprint density at radius 2 is 2.00 bits per heavy atom.